The van der Waals surface area contributed by atoms with Crippen LogP contribution in [-0.2, 0) is 21.9 Å². The molecular formula is C12H13KO4S. The van der Waals surface area contributed by atoms with Crippen LogP contribution >= 0.6 is 0 Å². The van der Waals surface area contributed by atoms with Gasteiger partial charge in [0.1, 0.15) is 0 Å². The Morgan fingerprint density at radius 2 is 1.72 bits per heavy atom. The molecule has 0 bridgehead atoms. The third-order valence-corrected chi connectivity index (χ3v) is 1.82. The molecule has 0 unspecified atom stereocenters. The first kappa shape index (κ1) is 20.2. The molecule has 0 aliphatic heterocycles. The van der Waals surface area contributed by atoms with Gasteiger partial charge < -0.3 is 22.2 Å². The number of benzene rings is 1. The summed E-state index contributed by atoms with van der Waals surface area (Å²) in [5.41, 5.74) is 0.887. The zero-order chi connectivity index (χ0) is 13.3. The summed E-state index contributed by atoms with van der Waals surface area (Å²) in [7, 11) is 0. The number of carboxylic acid groups (broad SMARTS) is 1. The van der Waals surface area contributed by atoms with E-state index in [1.165, 1.54) is 24.3 Å². The Morgan fingerprint density at radius 3 is 2.11 bits per heavy atom. The molecule has 0 amide bonds. The minimum absolute atomic E-state index is 0. The molecule has 0 aliphatic rings. The molecule has 1 aromatic carbocycles. The van der Waals surface area contributed by atoms with Crippen molar-refractivity contribution >= 4 is 30.9 Å². The molecule has 0 atom stereocenters. The molecule has 1 rings (SSSR count). The molecule has 0 radical (unpaired) electrons. The van der Waals surface area contributed by atoms with Crippen LogP contribution in [0.4, 0.5) is 0 Å². The molecule has 1 aromatic rings. The van der Waals surface area contributed by atoms with Crippen molar-refractivity contribution in [1.82, 2.24) is 0 Å². The van der Waals surface area contributed by atoms with Gasteiger partial charge in [0.15, 0.2) is 0 Å². The number of carboxylic acids is 1. The van der Waals surface area contributed by atoms with Crippen LogP contribution in [0.2, 0.25) is 0 Å². The van der Waals surface area contributed by atoms with Gasteiger partial charge in [-0.05, 0) is 23.8 Å². The molecule has 0 aliphatic carbocycles. The van der Waals surface area contributed by atoms with Crippen molar-refractivity contribution in [3.05, 3.63) is 41.5 Å². The van der Waals surface area contributed by atoms with E-state index in [-0.39, 0.29) is 56.9 Å². The second-order valence-corrected chi connectivity index (χ2v) is 2.83. The first-order chi connectivity index (χ1) is 8.13. The van der Waals surface area contributed by atoms with Gasteiger partial charge in [0, 0.05) is 6.08 Å². The summed E-state index contributed by atoms with van der Waals surface area (Å²) in [6.07, 6.45) is 2.66. The number of carbonyl (C=O) groups excluding carboxylic acids is 1. The molecule has 6 heteroatoms. The number of hydrogen-bond donors (Lipinski definition) is 1. The molecular weight excluding hydrogens is 279 g/mol. The normalized spacial score (nSPS) is 8.83. The zero-order valence-electron chi connectivity index (χ0n) is 10.5. The Hall–Kier alpha value is -0.114. The van der Waals surface area contributed by atoms with Gasteiger partial charge in [-0.1, -0.05) is 26.0 Å². The predicted octanol–water partition coefficient (Wildman–Crippen LogP) is -0.567. The Bertz CT molecular complexity index is 401. The van der Waals surface area contributed by atoms with Crippen LogP contribution in [0, 0.1) is 0 Å². The standard InChI is InChI=1S/C10H8O4S.C2H6.K/c11-9(14-15)6-3-7-1-4-8(5-2-7)10(12)13;1-2;/h1-6,15H,(H,12,13);1-2H3;/q;;+1/p-1/b6-3+;;. The van der Waals surface area contributed by atoms with E-state index < -0.39 is 11.9 Å². The summed E-state index contributed by atoms with van der Waals surface area (Å²) in [5, 5.41) is 8.63. The molecule has 0 saturated carbocycles. The second-order valence-electron chi connectivity index (χ2n) is 2.66. The monoisotopic (exact) mass is 292 g/mol. The van der Waals surface area contributed by atoms with Crippen molar-refractivity contribution in [2.24, 2.45) is 0 Å². The Morgan fingerprint density at radius 1 is 1.22 bits per heavy atom. The fourth-order valence-electron chi connectivity index (χ4n) is 0.929. The second kappa shape index (κ2) is 11.9. The maximum atomic E-state index is 10.7. The van der Waals surface area contributed by atoms with Crippen molar-refractivity contribution in [3.63, 3.8) is 0 Å². The van der Waals surface area contributed by atoms with Crippen molar-refractivity contribution in [3.8, 4) is 0 Å². The van der Waals surface area contributed by atoms with Crippen molar-refractivity contribution in [2.45, 2.75) is 13.8 Å². The molecule has 1 N–H and O–H groups in total. The molecule has 18 heavy (non-hydrogen) atoms. The number of hydrogen-bond acceptors (Lipinski definition) is 4. The fraction of sp³-hybridized carbons (Fsp3) is 0.167. The van der Waals surface area contributed by atoms with E-state index in [1.54, 1.807) is 12.1 Å². The smallest absolute Gasteiger partial charge is 0.612 e. The topological polar surface area (TPSA) is 63.6 Å². The van der Waals surface area contributed by atoms with Gasteiger partial charge in [0.2, 0.25) is 0 Å². The first-order valence-corrected chi connectivity index (χ1v) is 5.32. The quantitative estimate of drug-likeness (QED) is 0.459. The van der Waals surface area contributed by atoms with Crippen LogP contribution in [0.25, 0.3) is 6.08 Å². The maximum absolute atomic E-state index is 10.7. The molecule has 0 spiro atoms. The van der Waals surface area contributed by atoms with Crippen LogP contribution in [-0.4, -0.2) is 17.0 Å². The van der Waals surface area contributed by atoms with Crippen LogP contribution in [0.5, 0.6) is 0 Å². The van der Waals surface area contributed by atoms with Crippen molar-refractivity contribution in [1.29, 1.82) is 0 Å². The van der Waals surface area contributed by atoms with Crippen molar-refractivity contribution < 1.29 is 70.3 Å². The minimum Gasteiger partial charge on any atom is -0.612 e. The predicted molar refractivity (Wildman–Crippen MR) is 67.2 cm³/mol. The average molecular weight is 292 g/mol. The summed E-state index contributed by atoms with van der Waals surface area (Å²) in [4.78, 5) is 21.2. The van der Waals surface area contributed by atoms with E-state index >= 15 is 0 Å². The summed E-state index contributed by atoms with van der Waals surface area (Å²) >= 11 is 4.07. The van der Waals surface area contributed by atoms with Crippen LogP contribution < -0.4 is 51.4 Å². The van der Waals surface area contributed by atoms with Crippen LogP contribution in [0.15, 0.2) is 30.3 Å². The summed E-state index contributed by atoms with van der Waals surface area (Å²) in [5.74, 6) is -1.62. The summed E-state index contributed by atoms with van der Waals surface area (Å²) in [6.45, 7) is 4.00. The third-order valence-electron chi connectivity index (χ3n) is 1.65. The van der Waals surface area contributed by atoms with E-state index in [0.717, 1.165) is 0 Å². The number of carbonyl (C=O) groups is 2. The van der Waals surface area contributed by atoms with E-state index in [1.807, 2.05) is 13.8 Å². The maximum Gasteiger partial charge on any atom is 1.00 e. The fourth-order valence-corrected chi connectivity index (χ4v) is 0.984. The van der Waals surface area contributed by atoms with Gasteiger partial charge in [-0.3, -0.25) is 0 Å². The molecule has 0 aromatic heterocycles. The van der Waals surface area contributed by atoms with Crippen molar-refractivity contribution in [2.75, 3.05) is 0 Å². The van der Waals surface area contributed by atoms with E-state index in [0.29, 0.717) is 5.56 Å². The third kappa shape index (κ3) is 8.07. The largest absolute Gasteiger partial charge is 1.00 e. The molecule has 0 saturated heterocycles. The molecule has 4 nitrogen and oxygen atoms in total. The molecule has 92 valence electrons. The Labute approximate surface area is 154 Å². The minimum atomic E-state index is -0.990. The van der Waals surface area contributed by atoms with E-state index in [9.17, 15) is 9.59 Å². The van der Waals surface area contributed by atoms with E-state index in [4.69, 9.17) is 5.11 Å². The Kier molecular flexibility index (Phi) is 13.4. The molecule has 0 heterocycles. The zero-order valence-corrected chi connectivity index (χ0v) is 14.5. The van der Waals surface area contributed by atoms with Gasteiger partial charge >= 0.3 is 63.3 Å². The Balaban J connectivity index is 0. The van der Waals surface area contributed by atoms with Crippen LogP contribution in [0.1, 0.15) is 29.8 Å². The average Bonchev–Trinajstić information content (AvgIpc) is 2.38. The SMILES string of the molecule is CC.O=C(/C=C/c1ccc(C(=O)O)cc1)O[S-].[K+]. The van der Waals surface area contributed by atoms with Gasteiger partial charge in [0.25, 0.3) is 0 Å². The summed E-state index contributed by atoms with van der Waals surface area (Å²) in [6, 6.07) is 6.05. The van der Waals surface area contributed by atoms with Gasteiger partial charge in [-0.15, -0.1) is 0 Å². The summed E-state index contributed by atoms with van der Waals surface area (Å²) < 4.78 is 4.00. The first-order valence-electron chi connectivity index (χ1n) is 4.98. The number of aromatic carboxylic acids is 1. The number of rotatable bonds is 3. The molecule has 0 fully saturated rings. The van der Waals surface area contributed by atoms with Gasteiger partial charge in [-0.25, -0.2) is 9.59 Å². The van der Waals surface area contributed by atoms with Gasteiger partial charge in [-0.2, -0.15) is 0 Å². The van der Waals surface area contributed by atoms with Gasteiger partial charge in [0.05, 0.1) is 5.56 Å². The van der Waals surface area contributed by atoms with Crippen LogP contribution in [0.3, 0.4) is 0 Å². The van der Waals surface area contributed by atoms with E-state index in [2.05, 4.69) is 17.1 Å².